The van der Waals surface area contributed by atoms with E-state index in [1.165, 1.54) is 6.20 Å². The molecule has 0 spiro atoms. The summed E-state index contributed by atoms with van der Waals surface area (Å²) >= 11 is 5.92. The predicted octanol–water partition coefficient (Wildman–Crippen LogP) is 6.69. The van der Waals surface area contributed by atoms with E-state index in [1.54, 1.807) is 41.2 Å². The molecule has 3 aromatic heterocycles. The Morgan fingerprint density at radius 3 is 2.47 bits per heavy atom. The van der Waals surface area contributed by atoms with Crippen LogP contribution in [-0.4, -0.2) is 30.3 Å². The van der Waals surface area contributed by atoms with Crippen molar-refractivity contribution in [3.05, 3.63) is 101 Å². The summed E-state index contributed by atoms with van der Waals surface area (Å²) in [5.74, 6) is -0.363. The molecule has 0 saturated heterocycles. The number of amides is 1. The highest BCUT2D eigenvalue weighted by Crippen LogP contribution is 2.33. The molecule has 194 valence electrons. The first-order chi connectivity index (χ1) is 18.1. The number of benzene rings is 2. The third-order valence-corrected chi connectivity index (χ3v) is 6.21. The second-order valence-electron chi connectivity index (χ2n) is 9.11. The molecule has 0 unspecified atom stereocenters. The molecule has 3 heterocycles. The van der Waals surface area contributed by atoms with Crippen molar-refractivity contribution < 1.29 is 18.0 Å². The summed E-state index contributed by atoms with van der Waals surface area (Å²) in [5, 5.41) is 11.2. The molecule has 2 aromatic carbocycles. The SMILES string of the molecule is CC(C)c1ccc(-c2cc(C(F)(F)F)n3ncc(C(=O)Nc4cccc(Cn5cc(Cl)cn5)c4)c3n2)cc1. The summed E-state index contributed by atoms with van der Waals surface area (Å²) in [6.07, 6.45) is -0.428. The van der Waals surface area contributed by atoms with Crippen LogP contribution in [0.1, 0.15) is 46.9 Å². The first kappa shape index (κ1) is 25.5. The number of fused-ring (bicyclic) bond motifs is 1. The van der Waals surface area contributed by atoms with Gasteiger partial charge in [0.25, 0.3) is 5.91 Å². The lowest BCUT2D eigenvalue weighted by atomic mass is 10.0. The van der Waals surface area contributed by atoms with Gasteiger partial charge in [-0.05, 0) is 35.2 Å². The Bertz CT molecular complexity index is 1620. The van der Waals surface area contributed by atoms with Gasteiger partial charge in [0.15, 0.2) is 11.3 Å². The van der Waals surface area contributed by atoms with Crippen LogP contribution < -0.4 is 5.32 Å². The molecule has 5 rings (SSSR count). The molecule has 11 heteroatoms. The van der Waals surface area contributed by atoms with Crippen LogP contribution >= 0.6 is 11.6 Å². The van der Waals surface area contributed by atoms with Crippen LogP contribution in [-0.2, 0) is 12.7 Å². The van der Waals surface area contributed by atoms with E-state index in [1.807, 2.05) is 32.0 Å². The Balaban J connectivity index is 1.49. The number of nitrogens with zero attached hydrogens (tertiary/aromatic N) is 5. The zero-order chi connectivity index (χ0) is 27.0. The third-order valence-electron chi connectivity index (χ3n) is 6.01. The molecular formula is C27H22ClF3N6O. The van der Waals surface area contributed by atoms with Crippen LogP contribution in [0.4, 0.5) is 18.9 Å². The Hall–Kier alpha value is -4.18. The lowest BCUT2D eigenvalue weighted by molar-refractivity contribution is -0.142. The van der Waals surface area contributed by atoms with Gasteiger partial charge in [-0.1, -0.05) is 61.8 Å². The van der Waals surface area contributed by atoms with Gasteiger partial charge >= 0.3 is 6.18 Å². The zero-order valence-corrected chi connectivity index (χ0v) is 21.1. The predicted molar refractivity (Wildman–Crippen MR) is 138 cm³/mol. The summed E-state index contributed by atoms with van der Waals surface area (Å²) in [7, 11) is 0. The average molecular weight is 539 g/mol. The molecule has 1 N–H and O–H groups in total. The second kappa shape index (κ2) is 9.94. The van der Waals surface area contributed by atoms with Crippen molar-refractivity contribution in [2.24, 2.45) is 0 Å². The molecule has 0 aliphatic carbocycles. The van der Waals surface area contributed by atoms with Crippen LogP contribution in [0.3, 0.4) is 0 Å². The first-order valence-corrected chi connectivity index (χ1v) is 12.1. The standard InChI is InChI=1S/C27H22ClF3N6O/c1-16(2)18-6-8-19(9-7-18)23-11-24(27(29,30)31)37-25(35-23)22(13-33-37)26(38)34-21-5-3-4-17(10-21)14-36-15-20(28)12-32-36/h3-13,15-16H,14H2,1-2H3,(H,34,38). The second-order valence-corrected chi connectivity index (χ2v) is 9.54. The number of nitrogens with one attached hydrogen (secondary N) is 1. The maximum atomic E-state index is 14.0. The molecule has 5 aromatic rings. The van der Waals surface area contributed by atoms with Crippen LogP contribution in [0.5, 0.6) is 0 Å². The molecule has 38 heavy (non-hydrogen) atoms. The van der Waals surface area contributed by atoms with Gasteiger partial charge in [-0.2, -0.15) is 23.4 Å². The number of hydrogen-bond acceptors (Lipinski definition) is 4. The fourth-order valence-corrected chi connectivity index (χ4v) is 4.23. The van der Waals surface area contributed by atoms with Crippen molar-refractivity contribution >= 4 is 28.8 Å². The number of alkyl halides is 3. The minimum Gasteiger partial charge on any atom is -0.322 e. The maximum absolute atomic E-state index is 14.0. The van der Waals surface area contributed by atoms with E-state index in [4.69, 9.17) is 11.6 Å². The van der Waals surface area contributed by atoms with E-state index in [0.717, 1.165) is 23.4 Å². The molecule has 0 aliphatic rings. The fourth-order valence-electron chi connectivity index (χ4n) is 4.07. The number of aromatic nitrogens is 5. The molecule has 1 amide bonds. The van der Waals surface area contributed by atoms with E-state index in [2.05, 4.69) is 20.5 Å². The van der Waals surface area contributed by atoms with E-state index in [0.29, 0.717) is 27.3 Å². The molecule has 0 saturated carbocycles. The van der Waals surface area contributed by atoms with Gasteiger partial charge in [-0.25, -0.2) is 9.50 Å². The molecule has 0 bridgehead atoms. The smallest absolute Gasteiger partial charge is 0.322 e. The summed E-state index contributed by atoms with van der Waals surface area (Å²) in [5.41, 5.74) is 1.64. The third kappa shape index (κ3) is 5.26. The van der Waals surface area contributed by atoms with Crippen molar-refractivity contribution in [2.45, 2.75) is 32.5 Å². The van der Waals surface area contributed by atoms with Crippen molar-refractivity contribution in [1.82, 2.24) is 24.4 Å². The van der Waals surface area contributed by atoms with Gasteiger partial charge < -0.3 is 5.32 Å². The van der Waals surface area contributed by atoms with E-state index >= 15 is 0 Å². The Morgan fingerprint density at radius 2 is 1.82 bits per heavy atom. The lowest BCUT2D eigenvalue weighted by Crippen LogP contribution is -2.16. The number of halogens is 4. The quantitative estimate of drug-likeness (QED) is 0.261. The number of rotatable bonds is 6. The van der Waals surface area contributed by atoms with Gasteiger partial charge in [0.05, 0.1) is 29.7 Å². The topological polar surface area (TPSA) is 77.1 Å². The Morgan fingerprint density at radius 1 is 1.05 bits per heavy atom. The monoisotopic (exact) mass is 538 g/mol. The van der Waals surface area contributed by atoms with Gasteiger partial charge in [0.1, 0.15) is 5.56 Å². The molecule has 0 atom stereocenters. The minimum absolute atomic E-state index is 0.0830. The van der Waals surface area contributed by atoms with Crippen molar-refractivity contribution in [2.75, 3.05) is 5.32 Å². The highest BCUT2D eigenvalue weighted by Gasteiger charge is 2.36. The number of carbonyl (C=O) groups is 1. The highest BCUT2D eigenvalue weighted by molar-refractivity contribution is 6.30. The first-order valence-electron chi connectivity index (χ1n) is 11.7. The summed E-state index contributed by atoms with van der Waals surface area (Å²) in [6.45, 7) is 4.48. The molecule has 0 fully saturated rings. The molecule has 0 aliphatic heterocycles. The number of anilines is 1. The van der Waals surface area contributed by atoms with Gasteiger partial charge in [-0.3, -0.25) is 9.48 Å². The van der Waals surface area contributed by atoms with Crippen LogP contribution in [0.2, 0.25) is 5.02 Å². The summed E-state index contributed by atoms with van der Waals surface area (Å²) in [4.78, 5) is 17.6. The average Bonchev–Trinajstić information content (AvgIpc) is 3.49. The van der Waals surface area contributed by atoms with Gasteiger partial charge in [0.2, 0.25) is 0 Å². The van der Waals surface area contributed by atoms with Crippen molar-refractivity contribution in [3.8, 4) is 11.3 Å². The molecular weight excluding hydrogens is 517 g/mol. The van der Waals surface area contributed by atoms with E-state index < -0.39 is 17.8 Å². The molecule has 7 nitrogen and oxygen atoms in total. The summed E-state index contributed by atoms with van der Waals surface area (Å²) < 4.78 is 44.2. The Kier molecular flexibility index (Phi) is 6.66. The largest absolute Gasteiger partial charge is 0.433 e. The van der Waals surface area contributed by atoms with Crippen molar-refractivity contribution in [1.29, 1.82) is 0 Å². The van der Waals surface area contributed by atoms with Crippen LogP contribution in [0.25, 0.3) is 16.9 Å². The van der Waals surface area contributed by atoms with Crippen LogP contribution in [0, 0.1) is 0 Å². The zero-order valence-electron chi connectivity index (χ0n) is 20.4. The van der Waals surface area contributed by atoms with Crippen LogP contribution in [0.15, 0.2) is 73.2 Å². The minimum atomic E-state index is -4.71. The maximum Gasteiger partial charge on any atom is 0.433 e. The number of hydrogen-bond donors (Lipinski definition) is 1. The highest BCUT2D eigenvalue weighted by atomic mass is 35.5. The van der Waals surface area contributed by atoms with Gasteiger partial charge in [-0.15, -0.1) is 0 Å². The summed E-state index contributed by atoms with van der Waals surface area (Å²) in [6, 6.07) is 15.1. The fraction of sp³-hybridized carbons (Fsp3) is 0.185. The lowest BCUT2D eigenvalue weighted by Gasteiger charge is -2.12. The Labute approximate surface area is 220 Å². The number of carbonyl (C=O) groups excluding carboxylic acids is 1. The van der Waals surface area contributed by atoms with E-state index in [-0.39, 0.29) is 22.8 Å². The van der Waals surface area contributed by atoms with E-state index in [9.17, 15) is 18.0 Å². The van der Waals surface area contributed by atoms with Crippen molar-refractivity contribution in [3.63, 3.8) is 0 Å². The molecule has 0 radical (unpaired) electrons. The normalized spacial score (nSPS) is 11.9. The van der Waals surface area contributed by atoms with Gasteiger partial charge in [0, 0.05) is 17.4 Å².